The molecule has 0 bridgehead atoms. The summed E-state index contributed by atoms with van der Waals surface area (Å²) in [6.07, 6.45) is 0. The van der Waals surface area contributed by atoms with Crippen molar-refractivity contribution in [2.45, 2.75) is 6.54 Å². The third-order valence-corrected chi connectivity index (χ3v) is 2.42. The van der Waals surface area contributed by atoms with Crippen molar-refractivity contribution in [3.05, 3.63) is 34.2 Å². The second-order valence-electron chi connectivity index (χ2n) is 4.02. The average molecular weight is 239 g/mol. The lowest BCUT2D eigenvalue weighted by molar-refractivity contribution is 0.197. The fraction of sp³-hybridized carbons (Fsp3) is 0.583. The number of rotatable bonds is 8. The van der Waals surface area contributed by atoms with Crippen molar-refractivity contribution in [3.8, 4) is 0 Å². The molecule has 0 spiro atoms. The van der Waals surface area contributed by atoms with E-state index in [1.807, 2.05) is 13.1 Å². The fourth-order valence-corrected chi connectivity index (χ4v) is 1.52. The summed E-state index contributed by atoms with van der Waals surface area (Å²) in [5.74, 6) is 0. The van der Waals surface area contributed by atoms with Crippen LogP contribution < -0.4 is 10.9 Å². The average Bonchev–Trinajstić information content (AvgIpc) is 2.29. The van der Waals surface area contributed by atoms with Gasteiger partial charge in [0.2, 0.25) is 5.56 Å². The van der Waals surface area contributed by atoms with E-state index in [1.54, 1.807) is 13.2 Å². The van der Waals surface area contributed by atoms with Gasteiger partial charge in [-0.05, 0) is 13.1 Å². The standard InChI is InChI=1S/C12H21N3O2/c1-15(8-6-13-7-9-17-2)10-11-4-3-5-12(16)14-11/h3-5,13H,6-10H2,1-2H3,(H,14,16). The van der Waals surface area contributed by atoms with Crippen LogP contribution in [-0.4, -0.2) is 50.3 Å². The zero-order chi connectivity index (χ0) is 12.5. The van der Waals surface area contributed by atoms with Crippen LogP contribution >= 0.6 is 0 Å². The Morgan fingerprint density at radius 2 is 2.24 bits per heavy atom. The number of aromatic nitrogens is 1. The molecule has 5 heteroatoms. The van der Waals surface area contributed by atoms with E-state index in [9.17, 15) is 4.79 Å². The number of hydrogen-bond acceptors (Lipinski definition) is 4. The van der Waals surface area contributed by atoms with Crippen LogP contribution in [0.1, 0.15) is 5.69 Å². The van der Waals surface area contributed by atoms with Gasteiger partial charge >= 0.3 is 0 Å². The maximum atomic E-state index is 11.1. The molecule has 1 rings (SSSR count). The number of ether oxygens (including phenoxy) is 1. The highest BCUT2D eigenvalue weighted by molar-refractivity contribution is 5.03. The van der Waals surface area contributed by atoms with Gasteiger partial charge in [-0.1, -0.05) is 6.07 Å². The molecule has 0 saturated carbocycles. The Balaban J connectivity index is 2.20. The van der Waals surface area contributed by atoms with Crippen LogP contribution in [-0.2, 0) is 11.3 Å². The van der Waals surface area contributed by atoms with Gasteiger partial charge in [0.25, 0.3) is 0 Å². The molecule has 0 saturated heterocycles. The van der Waals surface area contributed by atoms with Gasteiger partial charge in [-0.25, -0.2) is 0 Å². The first-order valence-electron chi connectivity index (χ1n) is 5.79. The molecule has 1 aromatic heterocycles. The SMILES string of the molecule is COCCNCCN(C)Cc1cccc(=O)[nH]1. The fourth-order valence-electron chi connectivity index (χ4n) is 1.52. The van der Waals surface area contributed by atoms with Gasteiger partial charge in [0.15, 0.2) is 0 Å². The zero-order valence-electron chi connectivity index (χ0n) is 10.5. The van der Waals surface area contributed by atoms with Crippen molar-refractivity contribution < 1.29 is 4.74 Å². The quantitative estimate of drug-likeness (QED) is 0.629. The molecule has 1 heterocycles. The Morgan fingerprint density at radius 3 is 2.94 bits per heavy atom. The first-order chi connectivity index (χ1) is 8.22. The van der Waals surface area contributed by atoms with Gasteiger partial charge in [0, 0.05) is 45.0 Å². The molecule has 5 nitrogen and oxygen atoms in total. The minimum atomic E-state index is -0.0471. The first kappa shape index (κ1) is 13.9. The summed E-state index contributed by atoms with van der Waals surface area (Å²) < 4.78 is 4.94. The van der Waals surface area contributed by atoms with Crippen LogP contribution in [0.15, 0.2) is 23.0 Å². The maximum Gasteiger partial charge on any atom is 0.248 e. The molecule has 0 aliphatic carbocycles. The number of methoxy groups -OCH3 is 1. The van der Waals surface area contributed by atoms with Gasteiger partial charge in [0.05, 0.1) is 6.61 Å². The Kier molecular flexibility index (Phi) is 6.54. The lowest BCUT2D eigenvalue weighted by atomic mass is 10.3. The Hall–Kier alpha value is -1.17. The highest BCUT2D eigenvalue weighted by Crippen LogP contribution is 1.95. The monoisotopic (exact) mass is 239 g/mol. The molecule has 0 radical (unpaired) electrons. The van der Waals surface area contributed by atoms with E-state index in [4.69, 9.17) is 4.74 Å². The van der Waals surface area contributed by atoms with Crippen molar-refractivity contribution >= 4 is 0 Å². The van der Waals surface area contributed by atoms with Crippen LogP contribution in [0, 0.1) is 0 Å². The molecule has 1 aromatic rings. The molecule has 0 amide bonds. The molecule has 2 N–H and O–H groups in total. The van der Waals surface area contributed by atoms with Crippen molar-refractivity contribution in [2.24, 2.45) is 0 Å². The minimum absolute atomic E-state index is 0.0471. The summed E-state index contributed by atoms with van der Waals surface area (Å²) in [5, 5.41) is 3.28. The lowest BCUT2D eigenvalue weighted by Gasteiger charge is -2.16. The highest BCUT2D eigenvalue weighted by atomic mass is 16.5. The van der Waals surface area contributed by atoms with E-state index < -0.39 is 0 Å². The summed E-state index contributed by atoms with van der Waals surface area (Å²) in [4.78, 5) is 16.1. The first-order valence-corrected chi connectivity index (χ1v) is 5.79. The molecule has 0 fully saturated rings. The lowest BCUT2D eigenvalue weighted by Crippen LogP contribution is -2.31. The van der Waals surface area contributed by atoms with Gasteiger partial charge in [-0.15, -0.1) is 0 Å². The summed E-state index contributed by atoms with van der Waals surface area (Å²) >= 11 is 0. The number of H-pyrrole nitrogens is 1. The molecular weight excluding hydrogens is 218 g/mol. The molecule has 17 heavy (non-hydrogen) atoms. The predicted octanol–water partition coefficient (Wildman–Crippen LogP) is 0.0427. The highest BCUT2D eigenvalue weighted by Gasteiger charge is 2.00. The molecule has 96 valence electrons. The Labute approximate surface area is 102 Å². The predicted molar refractivity (Wildman–Crippen MR) is 68.1 cm³/mol. The molecule has 0 unspecified atom stereocenters. The van der Waals surface area contributed by atoms with Crippen LogP contribution in [0.4, 0.5) is 0 Å². The maximum absolute atomic E-state index is 11.1. The van der Waals surface area contributed by atoms with E-state index in [0.29, 0.717) is 0 Å². The molecule has 0 aliphatic heterocycles. The molecule has 0 aliphatic rings. The largest absolute Gasteiger partial charge is 0.383 e. The van der Waals surface area contributed by atoms with E-state index >= 15 is 0 Å². The van der Waals surface area contributed by atoms with Gasteiger partial charge < -0.3 is 15.0 Å². The van der Waals surface area contributed by atoms with E-state index in [2.05, 4.69) is 15.2 Å². The third-order valence-electron chi connectivity index (χ3n) is 2.42. The number of likely N-dealkylation sites (N-methyl/N-ethyl adjacent to an activating group) is 1. The van der Waals surface area contributed by atoms with Crippen LogP contribution in [0.25, 0.3) is 0 Å². The van der Waals surface area contributed by atoms with Crippen LogP contribution in [0.5, 0.6) is 0 Å². The molecular formula is C12H21N3O2. The Bertz CT molecular complexity index is 365. The summed E-state index contributed by atoms with van der Waals surface area (Å²) in [6.45, 7) is 4.20. The number of pyridine rings is 1. The molecule has 0 aromatic carbocycles. The second-order valence-corrected chi connectivity index (χ2v) is 4.02. The van der Waals surface area contributed by atoms with Crippen molar-refractivity contribution in [3.63, 3.8) is 0 Å². The Morgan fingerprint density at radius 1 is 1.41 bits per heavy atom. The molecule has 0 atom stereocenters. The number of hydrogen-bond donors (Lipinski definition) is 2. The van der Waals surface area contributed by atoms with Crippen molar-refractivity contribution in [1.29, 1.82) is 0 Å². The van der Waals surface area contributed by atoms with Crippen molar-refractivity contribution in [1.82, 2.24) is 15.2 Å². The minimum Gasteiger partial charge on any atom is -0.383 e. The topological polar surface area (TPSA) is 57.4 Å². The third kappa shape index (κ3) is 6.21. The second kappa shape index (κ2) is 8.00. The van der Waals surface area contributed by atoms with E-state index in [-0.39, 0.29) is 5.56 Å². The van der Waals surface area contributed by atoms with Gasteiger partial charge in [-0.2, -0.15) is 0 Å². The van der Waals surface area contributed by atoms with Crippen molar-refractivity contribution in [2.75, 3.05) is 40.4 Å². The van der Waals surface area contributed by atoms with Gasteiger partial charge in [-0.3, -0.25) is 9.69 Å². The number of aromatic amines is 1. The van der Waals surface area contributed by atoms with E-state index in [1.165, 1.54) is 6.07 Å². The summed E-state index contributed by atoms with van der Waals surface area (Å²) in [6, 6.07) is 5.23. The normalized spacial score (nSPS) is 11.0. The number of nitrogens with zero attached hydrogens (tertiary/aromatic N) is 1. The summed E-state index contributed by atoms with van der Waals surface area (Å²) in [5.41, 5.74) is 0.894. The summed E-state index contributed by atoms with van der Waals surface area (Å²) in [7, 11) is 3.73. The zero-order valence-corrected chi connectivity index (χ0v) is 10.5. The number of nitrogens with one attached hydrogen (secondary N) is 2. The smallest absolute Gasteiger partial charge is 0.248 e. The van der Waals surface area contributed by atoms with E-state index in [0.717, 1.165) is 38.5 Å². The van der Waals surface area contributed by atoms with Gasteiger partial charge in [0.1, 0.15) is 0 Å². The van der Waals surface area contributed by atoms with Crippen LogP contribution in [0.3, 0.4) is 0 Å². The van der Waals surface area contributed by atoms with Crippen LogP contribution in [0.2, 0.25) is 0 Å².